The van der Waals surface area contributed by atoms with Gasteiger partial charge in [-0.05, 0) is 59.3 Å². The highest BCUT2D eigenvalue weighted by atomic mass is 16.3. The van der Waals surface area contributed by atoms with Crippen molar-refractivity contribution in [3.63, 3.8) is 0 Å². The van der Waals surface area contributed by atoms with Crippen molar-refractivity contribution in [2.24, 2.45) is 11.7 Å². The van der Waals surface area contributed by atoms with E-state index in [0.29, 0.717) is 19.1 Å². The van der Waals surface area contributed by atoms with Crippen LogP contribution in [0.4, 0.5) is 0 Å². The molecule has 1 heterocycles. The van der Waals surface area contributed by atoms with Gasteiger partial charge >= 0.3 is 0 Å². The molecule has 5 unspecified atom stereocenters. The number of likely N-dealkylation sites (tertiary alicyclic amines) is 1. The molecule has 1 aliphatic heterocycles. The van der Waals surface area contributed by atoms with Crippen molar-refractivity contribution in [2.45, 2.75) is 206 Å². The minimum absolute atomic E-state index is 0.000197. The van der Waals surface area contributed by atoms with Gasteiger partial charge in [0, 0.05) is 13.0 Å². The maximum absolute atomic E-state index is 13.9. The van der Waals surface area contributed by atoms with Gasteiger partial charge in [-0.25, -0.2) is 0 Å². The molecule has 0 aliphatic carbocycles. The van der Waals surface area contributed by atoms with Gasteiger partial charge in [0.25, 0.3) is 0 Å². The number of carbonyl (C=O) groups excluding carboxylic acids is 9. The fourth-order valence-corrected chi connectivity index (χ4v) is 7.13. The van der Waals surface area contributed by atoms with Crippen molar-refractivity contribution in [1.82, 2.24) is 36.8 Å². The van der Waals surface area contributed by atoms with Crippen molar-refractivity contribution >= 4 is 53.5 Å². The zero-order valence-corrected chi connectivity index (χ0v) is 38.0. The number of carbonyl (C=O) groups is 9. The Morgan fingerprint density at radius 3 is 1.73 bits per heavy atom. The van der Waals surface area contributed by atoms with Crippen LogP contribution in [0.5, 0.6) is 0 Å². The van der Waals surface area contributed by atoms with Gasteiger partial charge in [-0.15, -0.1) is 0 Å². The first-order valence-electron chi connectivity index (χ1n) is 22.4. The van der Waals surface area contributed by atoms with E-state index in [-0.39, 0.29) is 37.6 Å². The summed E-state index contributed by atoms with van der Waals surface area (Å²) in [5.41, 5.74) is 5.21. The van der Waals surface area contributed by atoms with Gasteiger partial charge in [0.05, 0.1) is 24.7 Å². The van der Waals surface area contributed by atoms with Gasteiger partial charge in [0.2, 0.25) is 47.3 Å². The zero-order valence-electron chi connectivity index (χ0n) is 38.0. The Labute approximate surface area is 367 Å². The third-order valence-electron chi connectivity index (χ3n) is 10.7. The molecule has 0 aromatic carbocycles. The number of nitrogens with two attached hydrogens (primary N) is 1. The van der Waals surface area contributed by atoms with E-state index in [2.05, 4.69) is 38.8 Å². The molecule has 1 fully saturated rings. The molecule has 0 saturated carbocycles. The molecule has 19 nitrogen and oxygen atoms in total. The number of aliphatic hydroxyl groups excluding tert-OH is 2. The summed E-state index contributed by atoms with van der Waals surface area (Å²) < 4.78 is 0. The van der Waals surface area contributed by atoms with E-state index >= 15 is 0 Å². The molecule has 9 atom stereocenters. The SMILES string of the molecule is CCCCCCCCCCCCCC(=O)N[C@@H](CC(C)C)C(=O)NC(C(=O)N1CCC[C@@H]1C(=O)NC(C(=O)N[C@@H](C)C(=O)N[C@@H](CC(N)=O)C(=O)NC(C)C=O)C(C)O)C(C)O. The number of unbranched alkanes of at least 4 members (excludes halogenated alkanes) is 10. The van der Waals surface area contributed by atoms with Gasteiger partial charge in [0.15, 0.2) is 0 Å². The molecule has 10 N–H and O–H groups in total. The van der Waals surface area contributed by atoms with Crippen LogP contribution in [0, 0.1) is 5.92 Å². The van der Waals surface area contributed by atoms with Crippen molar-refractivity contribution in [1.29, 1.82) is 0 Å². The number of primary amides is 1. The molecule has 0 bridgehead atoms. The Hall–Kier alpha value is -4.65. The minimum Gasteiger partial charge on any atom is -0.391 e. The smallest absolute Gasteiger partial charge is 0.248 e. The highest BCUT2D eigenvalue weighted by molar-refractivity contribution is 5.98. The lowest BCUT2D eigenvalue weighted by Crippen LogP contribution is -2.62. The number of amides is 8. The molecule has 0 aromatic heterocycles. The fourth-order valence-electron chi connectivity index (χ4n) is 7.13. The summed E-state index contributed by atoms with van der Waals surface area (Å²) in [6.07, 6.45) is 10.5. The van der Waals surface area contributed by atoms with E-state index in [1.165, 1.54) is 77.5 Å². The van der Waals surface area contributed by atoms with Crippen LogP contribution in [0.25, 0.3) is 0 Å². The van der Waals surface area contributed by atoms with Crippen LogP contribution >= 0.6 is 0 Å². The predicted molar refractivity (Wildman–Crippen MR) is 231 cm³/mol. The molecule has 8 amide bonds. The maximum atomic E-state index is 13.9. The van der Waals surface area contributed by atoms with Crippen molar-refractivity contribution in [2.75, 3.05) is 6.54 Å². The molecule has 1 aliphatic rings. The van der Waals surface area contributed by atoms with Crippen LogP contribution in [-0.2, 0) is 43.2 Å². The molecule has 0 aromatic rings. The summed E-state index contributed by atoms with van der Waals surface area (Å²) in [6, 6.07) is -9.00. The van der Waals surface area contributed by atoms with Gasteiger partial charge in [-0.1, -0.05) is 85.0 Å². The second-order valence-corrected chi connectivity index (χ2v) is 17.1. The van der Waals surface area contributed by atoms with Crippen LogP contribution in [-0.4, -0.2) is 130 Å². The first kappa shape index (κ1) is 55.4. The Balaban J connectivity index is 2.91. The number of nitrogens with one attached hydrogen (secondary N) is 6. The second-order valence-electron chi connectivity index (χ2n) is 17.1. The molecule has 0 radical (unpaired) electrons. The van der Waals surface area contributed by atoms with Crippen molar-refractivity contribution in [3.8, 4) is 0 Å². The monoisotopic (exact) mass is 881 g/mol. The topological polar surface area (TPSA) is 296 Å². The van der Waals surface area contributed by atoms with E-state index in [1.807, 2.05) is 13.8 Å². The summed E-state index contributed by atoms with van der Waals surface area (Å²) in [4.78, 5) is 117. The van der Waals surface area contributed by atoms with Crippen molar-refractivity contribution < 1.29 is 53.4 Å². The van der Waals surface area contributed by atoms with E-state index in [1.54, 1.807) is 0 Å². The summed E-state index contributed by atoms with van der Waals surface area (Å²) in [6.45, 7) is 11.2. The Kier molecular flexibility index (Phi) is 26.4. The second kappa shape index (κ2) is 29.6. The summed E-state index contributed by atoms with van der Waals surface area (Å²) >= 11 is 0. The first-order valence-corrected chi connectivity index (χ1v) is 22.4. The van der Waals surface area contributed by atoms with Crippen molar-refractivity contribution in [3.05, 3.63) is 0 Å². The number of nitrogens with zero attached hydrogens (tertiary/aromatic N) is 1. The Bertz CT molecular complexity index is 1480. The molecule has 1 rings (SSSR count). The highest BCUT2D eigenvalue weighted by Gasteiger charge is 2.41. The van der Waals surface area contributed by atoms with Gasteiger partial charge in [-0.3, -0.25) is 38.4 Å². The number of rotatable bonds is 31. The van der Waals surface area contributed by atoms with Gasteiger partial charge in [-0.2, -0.15) is 0 Å². The molecular formula is C43H76N8O11. The largest absolute Gasteiger partial charge is 0.391 e. The summed E-state index contributed by atoms with van der Waals surface area (Å²) in [7, 11) is 0. The van der Waals surface area contributed by atoms with E-state index in [9.17, 15) is 53.4 Å². The van der Waals surface area contributed by atoms with Crippen LogP contribution < -0.4 is 37.6 Å². The highest BCUT2D eigenvalue weighted by Crippen LogP contribution is 2.20. The number of aldehydes is 1. The van der Waals surface area contributed by atoms with E-state index < -0.39 is 102 Å². The molecule has 354 valence electrons. The van der Waals surface area contributed by atoms with E-state index in [4.69, 9.17) is 5.73 Å². The van der Waals surface area contributed by atoms with Crippen LogP contribution in [0.15, 0.2) is 0 Å². The summed E-state index contributed by atoms with van der Waals surface area (Å²) in [5, 5.41) is 35.9. The van der Waals surface area contributed by atoms with E-state index in [0.717, 1.165) is 19.3 Å². The maximum Gasteiger partial charge on any atom is 0.248 e. The van der Waals surface area contributed by atoms with Crippen LogP contribution in [0.3, 0.4) is 0 Å². The number of hydrogen-bond donors (Lipinski definition) is 9. The normalized spacial score (nSPS) is 17.6. The quantitative estimate of drug-likeness (QED) is 0.0342. The molecular weight excluding hydrogens is 805 g/mol. The lowest BCUT2D eigenvalue weighted by Gasteiger charge is -2.32. The molecule has 62 heavy (non-hydrogen) atoms. The zero-order chi connectivity index (χ0) is 46.9. The minimum atomic E-state index is -1.62. The average molecular weight is 881 g/mol. The van der Waals surface area contributed by atoms with Crippen LogP contribution in [0.1, 0.15) is 151 Å². The molecule has 19 heteroatoms. The molecule has 0 spiro atoms. The third kappa shape index (κ3) is 20.9. The predicted octanol–water partition coefficient (Wildman–Crippen LogP) is 0.509. The lowest BCUT2D eigenvalue weighted by atomic mass is 10.0. The van der Waals surface area contributed by atoms with Gasteiger partial charge < -0.3 is 57.5 Å². The lowest BCUT2D eigenvalue weighted by molar-refractivity contribution is -0.145. The Morgan fingerprint density at radius 2 is 1.21 bits per heavy atom. The number of hydrogen-bond acceptors (Lipinski definition) is 11. The molecule has 1 saturated heterocycles. The summed E-state index contributed by atoms with van der Waals surface area (Å²) in [5.74, 6) is -6.24. The van der Waals surface area contributed by atoms with Gasteiger partial charge in [0.1, 0.15) is 42.5 Å². The number of aliphatic hydroxyl groups is 2. The standard InChI is InChI=1S/C43H76N8O11/c1-8-9-10-11-12-13-14-15-16-17-18-21-35(56)47-31(23-26(2)3)40(59)50-37(30(7)54)43(62)51-22-19-20-33(51)41(60)49-36(29(6)53)42(61)46-28(5)38(57)48-32(24-34(44)55)39(58)45-27(4)25-52/h25-33,36-37,53-54H,8-24H2,1-7H3,(H2,44,55)(H,45,58)(H,46,61)(H,47,56)(H,48,57)(H,49,60)(H,50,59)/t27?,28-,29?,30?,31-,32-,33+,36?,37?/m0/s1. The van der Waals surface area contributed by atoms with Crippen LogP contribution in [0.2, 0.25) is 0 Å². The average Bonchev–Trinajstić information content (AvgIpc) is 3.69. The third-order valence-corrected chi connectivity index (χ3v) is 10.7. The Morgan fingerprint density at radius 1 is 0.661 bits per heavy atom. The first-order chi connectivity index (χ1) is 29.2. The fraction of sp³-hybridized carbons (Fsp3) is 0.791.